The van der Waals surface area contributed by atoms with Crippen LogP contribution in [-0.2, 0) is 4.74 Å². The van der Waals surface area contributed by atoms with Gasteiger partial charge in [-0.15, -0.1) is 0 Å². The molecule has 2 atom stereocenters. The summed E-state index contributed by atoms with van der Waals surface area (Å²) in [5.41, 5.74) is 0. The van der Waals surface area contributed by atoms with Crippen molar-refractivity contribution in [3.05, 3.63) is 28.7 Å². The van der Waals surface area contributed by atoms with Crippen LogP contribution in [0.5, 0.6) is 5.75 Å². The summed E-state index contributed by atoms with van der Waals surface area (Å²) in [7, 11) is 1.68. The zero-order chi connectivity index (χ0) is 14.1. The molecule has 0 aromatic heterocycles. The molecule has 19 heavy (non-hydrogen) atoms. The van der Waals surface area contributed by atoms with Crippen LogP contribution in [0.4, 0.5) is 0 Å². The van der Waals surface area contributed by atoms with Gasteiger partial charge in [0.1, 0.15) is 18.5 Å². The molecule has 0 aliphatic heterocycles. The molecule has 0 amide bonds. The highest BCUT2D eigenvalue weighted by Gasteiger charge is 2.10. The van der Waals surface area contributed by atoms with E-state index >= 15 is 0 Å². The van der Waals surface area contributed by atoms with Gasteiger partial charge < -0.3 is 19.9 Å². The SMILES string of the molecule is CCC(COC)NCC(O)COc1cccc(Br)c1. The minimum absolute atomic E-state index is 0.269. The van der Waals surface area contributed by atoms with E-state index in [0.717, 1.165) is 16.6 Å². The molecule has 4 nitrogen and oxygen atoms in total. The number of rotatable bonds is 9. The summed E-state index contributed by atoms with van der Waals surface area (Å²) < 4.78 is 11.6. The van der Waals surface area contributed by atoms with Gasteiger partial charge in [0.05, 0.1) is 6.61 Å². The van der Waals surface area contributed by atoms with Crippen LogP contribution in [0.1, 0.15) is 13.3 Å². The quantitative estimate of drug-likeness (QED) is 0.728. The van der Waals surface area contributed by atoms with Crippen LogP contribution < -0.4 is 10.1 Å². The summed E-state index contributed by atoms with van der Waals surface area (Å²) in [6.45, 7) is 3.50. The lowest BCUT2D eigenvalue weighted by Gasteiger charge is -2.19. The molecule has 0 spiro atoms. The number of ether oxygens (including phenoxy) is 2. The number of methoxy groups -OCH3 is 1. The Kier molecular flexibility index (Phi) is 8.05. The van der Waals surface area contributed by atoms with Crippen LogP contribution in [0, 0.1) is 0 Å². The molecular weight excluding hydrogens is 310 g/mol. The standard InChI is InChI=1S/C14H22BrNO3/c1-3-12(9-18-2)16-8-13(17)10-19-14-6-4-5-11(15)7-14/h4-7,12-13,16-17H,3,8-10H2,1-2H3. The smallest absolute Gasteiger partial charge is 0.120 e. The van der Waals surface area contributed by atoms with Crippen LogP contribution in [0.25, 0.3) is 0 Å². The number of halogens is 1. The minimum Gasteiger partial charge on any atom is -0.491 e. The molecule has 0 aliphatic carbocycles. The summed E-state index contributed by atoms with van der Waals surface area (Å²) in [6, 6.07) is 7.84. The summed E-state index contributed by atoms with van der Waals surface area (Å²) in [4.78, 5) is 0. The van der Waals surface area contributed by atoms with E-state index in [0.29, 0.717) is 13.2 Å². The maximum atomic E-state index is 9.85. The zero-order valence-corrected chi connectivity index (χ0v) is 13.0. The van der Waals surface area contributed by atoms with E-state index in [9.17, 15) is 5.11 Å². The third-order valence-corrected chi connectivity index (χ3v) is 3.23. The van der Waals surface area contributed by atoms with Gasteiger partial charge in [-0.2, -0.15) is 0 Å². The Bertz CT molecular complexity index is 362. The van der Waals surface area contributed by atoms with E-state index in [1.54, 1.807) is 7.11 Å². The van der Waals surface area contributed by atoms with E-state index in [-0.39, 0.29) is 12.6 Å². The van der Waals surface area contributed by atoms with Crippen molar-refractivity contribution in [1.29, 1.82) is 0 Å². The lowest BCUT2D eigenvalue weighted by Crippen LogP contribution is -2.39. The molecule has 1 rings (SSSR count). The van der Waals surface area contributed by atoms with Crippen molar-refractivity contribution in [2.24, 2.45) is 0 Å². The second-order valence-electron chi connectivity index (χ2n) is 4.39. The fourth-order valence-electron chi connectivity index (χ4n) is 1.63. The van der Waals surface area contributed by atoms with E-state index in [1.165, 1.54) is 0 Å². The predicted octanol–water partition coefficient (Wildman–Crippen LogP) is 2.20. The van der Waals surface area contributed by atoms with Gasteiger partial charge >= 0.3 is 0 Å². The molecule has 5 heteroatoms. The van der Waals surface area contributed by atoms with Crippen LogP contribution in [-0.4, -0.2) is 44.1 Å². The van der Waals surface area contributed by atoms with E-state index in [4.69, 9.17) is 9.47 Å². The highest BCUT2D eigenvalue weighted by atomic mass is 79.9. The Morgan fingerprint density at radius 1 is 1.37 bits per heavy atom. The van der Waals surface area contributed by atoms with Gasteiger partial charge in [0.2, 0.25) is 0 Å². The summed E-state index contributed by atoms with van der Waals surface area (Å²) in [5.74, 6) is 0.748. The first-order valence-electron chi connectivity index (χ1n) is 6.44. The molecule has 108 valence electrons. The molecule has 0 saturated heterocycles. The molecule has 0 bridgehead atoms. The first-order chi connectivity index (χ1) is 9.15. The van der Waals surface area contributed by atoms with Crippen molar-refractivity contribution >= 4 is 15.9 Å². The second-order valence-corrected chi connectivity index (χ2v) is 5.31. The Labute approximate surface area is 123 Å². The van der Waals surface area contributed by atoms with Gasteiger partial charge in [0.25, 0.3) is 0 Å². The number of nitrogens with one attached hydrogen (secondary N) is 1. The maximum absolute atomic E-state index is 9.85. The molecule has 0 aliphatic rings. The first kappa shape index (κ1) is 16.4. The normalized spacial score (nSPS) is 14.1. The monoisotopic (exact) mass is 331 g/mol. The third-order valence-electron chi connectivity index (χ3n) is 2.74. The number of hydrogen-bond acceptors (Lipinski definition) is 4. The highest BCUT2D eigenvalue weighted by molar-refractivity contribution is 9.10. The van der Waals surface area contributed by atoms with E-state index in [2.05, 4.69) is 28.2 Å². The molecular formula is C14H22BrNO3. The van der Waals surface area contributed by atoms with Crippen LogP contribution in [0.15, 0.2) is 28.7 Å². The van der Waals surface area contributed by atoms with Gasteiger partial charge in [-0.05, 0) is 24.6 Å². The van der Waals surface area contributed by atoms with Crippen molar-refractivity contribution in [3.63, 3.8) is 0 Å². The summed E-state index contributed by atoms with van der Waals surface area (Å²) >= 11 is 3.38. The van der Waals surface area contributed by atoms with Crippen LogP contribution in [0.3, 0.4) is 0 Å². The van der Waals surface area contributed by atoms with Gasteiger partial charge in [0.15, 0.2) is 0 Å². The van der Waals surface area contributed by atoms with Gasteiger partial charge in [-0.25, -0.2) is 0 Å². The second kappa shape index (κ2) is 9.31. The fraction of sp³-hybridized carbons (Fsp3) is 0.571. The molecule has 0 radical (unpaired) electrons. The molecule has 2 N–H and O–H groups in total. The number of aliphatic hydroxyl groups excluding tert-OH is 1. The fourth-order valence-corrected chi connectivity index (χ4v) is 2.01. The summed E-state index contributed by atoms with van der Waals surface area (Å²) in [5, 5.41) is 13.1. The molecule has 0 heterocycles. The number of benzene rings is 1. The van der Waals surface area contributed by atoms with Crippen molar-refractivity contribution in [1.82, 2.24) is 5.32 Å². The highest BCUT2D eigenvalue weighted by Crippen LogP contribution is 2.17. The molecule has 1 aromatic rings. The molecule has 1 aromatic carbocycles. The van der Waals surface area contributed by atoms with Gasteiger partial charge in [-0.3, -0.25) is 0 Å². The largest absolute Gasteiger partial charge is 0.491 e. The Balaban J connectivity index is 2.25. The van der Waals surface area contributed by atoms with Crippen molar-refractivity contribution in [3.8, 4) is 5.75 Å². The van der Waals surface area contributed by atoms with Crippen LogP contribution in [0.2, 0.25) is 0 Å². The predicted molar refractivity (Wildman–Crippen MR) is 79.6 cm³/mol. The third kappa shape index (κ3) is 6.92. The Hall–Kier alpha value is -0.620. The van der Waals surface area contributed by atoms with Crippen LogP contribution >= 0.6 is 15.9 Å². The van der Waals surface area contributed by atoms with Crippen molar-refractivity contribution in [2.75, 3.05) is 26.9 Å². The average molecular weight is 332 g/mol. The zero-order valence-electron chi connectivity index (χ0n) is 11.4. The lowest BCUT2D eigenvalue weighted by molar-refractivity contribution is 0.0952. The number of aliphatic hydroxyl groups is 1. The average Bonchev–Trinajstić information content (AvgIpc) is 2.41. The Morgan fingerprint density at radius 2 is 2.16 bits per heavy atom. The number of hydrogen-bond donors (Lipinski definition) is 2. The van der Waals surface area contributed by atoms with E-state index < -0.39 is 6.10 Å². The first-order valence-corrected chi connectivity index (χ1v) is 7.23. The van der Waals surface area contributed by atoms with Crippen molar-refractivity contribution < 1.29 is 14.6 Å². The Morgan fingerprint density at radius 3 is 2.79 bits per heavy atom. The molecule has 0 fully saturated rings. The van der Waals surface area contributed by atoms with Crippen molar-refractivity contribution in [2.45, 2.75) is 25.5 Å². The maximum Gasteiger partial charge on any atom is 0.120 e. The lowest BCUT2D eigenvalue weighted by atomic mass is 10.2. The molecule has 2 unspecified atom stereocenters. The topological polar surface area (TPSA) is 50.7 Å². The van der Waals surface area contributed by atoms with Gasteiger partial charge in [-0.1, -0.05) is 28.9 Å². The van der Waals surface area contributed by atoms with Gasteiger partial charge in [0, 0.05) is 24.2 Å². The molecule has 0 saturated carbocycles. The summed E-state index contributed by atoms with van der Waals surface area (Å²) in [6.07, 6.45) is 0.428. The minimum atomic E-state index is -0.537. The van der Waals surface area contributed by atoms with E-state index in [1.807, 2.05) is 24.3 Å².